The van der Waals surface area contributed by atoms with Crippen molar-refractivity contribution in [1.82, 2.24) is 0 Å². The van der Waals surface area contributed by atoms with Crippen LogP contribution in [0.15, 0.2) is 0 Å². The van der Waals surface area contributed by atoms with E-state index in [9.17, 15) is 0 Å². The Morgan fingerprint density at radius 3 is 2.70 bits per heavy atom. The van der Waals surface area contributed by atoms with Crippen LogP contribution in [-0.2, 0) is 4.74 Å². The third-order valence-electron chi connectivity index (χ3n) is 2.04. The molecule has 0 unspecified atom stereocenters. The second-order valence-corrected chi connectivity index (χ2v) is 2.94. The van der Waals surface area contributed by atoms with Gasteiger partial charge in [0.15, 0.2) is 0 Å². The van der Waals surface area contributed by atoms with Gasteiger partial charge in [-0.05, 0) is 19.3 Å². The van der Waals surface area contributed by atoms with Crippen LogP contribution in [0.1, 0.15) is 39.0 Å². The monoisotopic (exact) mass is 141 g/mol. The topological polar surface area (TPSA) is 9.23 Å². The Bertz CT molecular complexity index is 74.8. The van der Waals surface area contributed by atoms with Gasteiger partial charge in [0.2, 0.25) is 0 Å². The SMILES string of the molecule is CC[CH]COC1CCCC1. The van der Waals surface area contributed by atoms with Crippen LogP contribution in [0.2, 0.25) is 0 Å². The molecule has 59 valence electrons. The maximum absolute atomic E-state index is 5.59. The lowest BCUT2D eigenvalue weighted by Gasteiger charge is -2.09. The molecule has 0 saturated heterocycles. The lowest BCUT2D eigenvalue weighted by molar-refractivity contribution is 0.0726. The molecule has 0 aliphatic heterocycles. The number of unbranched alkanes of at least 4 members (excludes halogenated alkanes) is 1. The summed E-state index contributed by atoms with van der Waals surface area (Å²) in [5, 5.41) is 0. The van der Waals surface area contributed by atoms with Gasteiger partial charge in [0.1, 0.15) is 0 Å². The molecule has 0 bridgehead atoms. The summed E-state index contributed by atoms with van der Waals surface area (Å²) >= 11 is 0. The van der Waals surface area contributed by atoms with E-state index >= 15 is 0 Å². The maximum atomic E-state index is 5.59. The van der Waals surface area contributed by atoms with E-state index in [1.54, 1.807) is 0 Å². The van der Waals surface area contributed by atoms with Crippen LogP contribution >= 0.6 is 0 Å². The Kier molecular flexibility index (Phi) is 3.81. The third-order valence-corrected chi connectivity index (χ3v) is 2.04. The molecular weight excluding hydrogens is 124 g/mol. The van der Waals surface area contributed by atoms with Gasteiger partial charge in [-0.1, -0.05) is 26.2 Å². The molecule has 0 amide bonds. The van der Waals surface area contributed by atoms with Crippen LogP contribution in [0.5, 0.6) is 0 Å². The highest BCUT2D eigenvalue weighted by Gasteiger charge is 2.14. The van der Waals surface area contributed by atoms with Gasteiger partial charge < -0.3 is 4.74 Å². The van der Waals surface area contributed by atoms with Crippen molar-refractivity contribution in [2.45, 2.75) is 45.1 Å². The summed E-state index contributed by atoms with van der Waals surface area (Å²) in [6, 6.07) is 0. The second-order valence-electron chi connectivity index (χ2n) is 2.94. The molecule has 0 atom stereocenters. The van der Waals surface area contributed by atoms with Crippen molar-refractivity contribution in [1.29, 1.82) is 0 Å². The summed E-state index contributed by atoms with van der Waals surface area (Å²) in [6.07, 6.45) is 9.23. The highest BCUT2D eigenvalue weighted by atomic mass is 16.5. The standard InChI is InChI=1S/C9H17O/c1-2-3-8-10-9-6-4-5-7-9/h3,9H,2,4-8H2,1H3. The van der Waals surface area contributed by atoms with Gasteiger partial charge in [0, 0.05) is 0 Å². The minimum Gasteiger partial charge on any atom is -0.378 e. The molecule has 0 heterocycles. The highest BCUT2D eigenvalue weighted by molar-refractivity contribution is 4.69. The molecule has 0 aromatic rings. The fourth-order valence-corrected chi connectivity index (χ4v) is 1.38. The van der Waals surface area contributed by atoms with Crippen molar-refractivity contribution >= 4 is 0 Å². The molecule has 1 aliphatic carbocycles. The van der Waals surface area contributed by atoms with Crippen molar-refractivity contribution in [3.8, 4) is 0 Å². The first-order valence-electron chi connectivity index (χ1n) is 4.36. The molecule has 0 aromatic heterocycles. The van der Waals surface area contributed by atoms with Gasteiger partial charge in [-0.25, -0.2) is 0 Å². The first-order valence-corrected chi connectivity index (χ1v) is 4.36. The van der Waals surface area contributed by atoms with Crippen molar-refractivity contribution in [3.05, 3.63) is 6.42 Å². The van der Waals surface area contributed by atoms with Gasteiger partial charge in [0.25, 0.3) is 0 Å². The van der Waals surface area contributed by atoms with Crippen molar-refractivity contribution in [2.75, 3.05) is 6.61 Å². The second kappa shape index (κ2) is 4.73. The molecule has 1 radical (unpaired) electrons. The van der Waals surface area contributed by atoms with E-state index in [-0.39, 0.29) is 0 Å². The molecule has 0 aromatic carbocycles. The lowest BCUT2D eigenvalue weighted by Crippen LogP contribution is -2.08. The van der Waals surface area contributed by atoms with Crippen LogP contribution in [0.3, 0.4) is 0 Å². The zero-order valence-corrected chi connectivity index (χ0v) is 6.81. The smallest absolute Gasteiger partial charge is 0.0575 e. The fourth-order valence-electron chi connectivity index (χ4n) is 1.38. The van der Waals surface area contributed by atoms with E-state index < -0.39 is 0 Å². The summed E-state index contributed by atoms with van der Waals surface area (Å²) in [7, 11) is 0. The molecule has 1 aliphatic rings. The van der Waals surface area contributed by atoms with E-state index in [0.29, 0.717) is 6.10 Å². The van der Waals surface area contributed by atoms with Crippen molar-refractivity contribution in [2.24, 2.45) is 0 Å². The third kappa shape index (κ3) is 2.70. The zero-order valence-electron chi connectivity index (χ0n) is 6.81. The van der Waals surface area contributed by atoms with Crippen LogP contribution < -0.4 is 0 Å². The summed E-state index contributed by atoms with van der Waals surface area (Å²) in [5.41, 5.74) is 0. The van der Waals surface area contributed by atoms with E-state index in [2.05, 4.69) is 13.3 Å². The number of rotatable bonds is 4. The summed E-state index contributed by atoms with van der Waals surface area (Å²) < 4.78 is 5.59. The van der Waals surface area contributed by atoms with Gasteiger partial charge in [0.05, 0.1) is 12.7 Å². The molecule has 1 heteroatoms. The quantitative estimate of drug-likeness (QED) is 0.547. The number of ether oxygens (including phenoxy) is 1. The minimum atomic E-state index is 0.586. The van der Waals surface area contributed by atoms with Crippen LogP contribution in [0.25, 0.3) is 0 Å². The predicted octanol–water partition coefficient (Wildman–Crippen LogP) is 2.56. The molecular formula is C9H17O. The van der Waals surface area contributed by atoms with Crippen LogP contribution in [0.4, 0.5) is 0 Å². The Labute approximate surface area is 63.8 Å². The maximum Gasteiger partial charge on any atom is 0.0575 e. The van der Waals surface area contributed by atoms with Gasteiger partial charge in [-0.3, -0.25) is 0 Å². The summed E-state index contributed by atoms with van der Waals surface area (Å²) in [5.74, 6) is 0. The molecule has 0 spiro atoms. The largest absolute Gasteiger partial charge is 0.378 e. The predicted molar refractivity (Wildman–Crippen MR) is 42.8 cm³/mol. The van der Waals surface area contributed by atoms with E-state index in [0.717, 1.165) is 13.0 Å². The first kappa shape index (κ1) is 8.06. The Balaban J connectivity index is 1.91. The molecule has 1 nitrogen and oxygen atoms in total. The van der Waals surface area contributed by atoms with E-state index in [4.69, 9.17) is 4.74 Å². The number of hydrogen-bond acceptors (Lipinski definition) is 1. The van der Waals surface area contributed by atoms with Crippen LogP contribution in [0, 0.1) is 6.42 Å². The summed E-state index contributed by atoms with van der Waals surface area (Å²) in [4.78, 5) is 0. The van der Waals surface area contributed by atoms with Crippen molar-refractivity contribution in [3.63, 3.8) is 0 Å². The highest BCUT2D eigenvalue weighted by Crippen LogP contribution is 2.20. The molecule has 0 N–H and O–H groups in total. The average molecular weight is 141 g/mol. The Morgan fingerprint density at radius 2 is 2.10 bits per heavy atom. The zero-order chi connectivity index (χ0) is 7.23. The normalized spacial score (nSPS) is 20.1. The fraction of sp³-hybridized carbons (Fsp3) is 0.889. The summed E-state index contributed by atoms with van der Waals surface area (Å²) in [6.45, 7) is 3.01. The minimum absolute atomic E-state index is 0.586. The Morgan fingerprint density at radius 1 is 1.40 bits per heavy atom. The lowest BCUT2D eigenvalue weighted by atomic mass is 10.3. The Hall–Kier alpha value is -0.0400. The molecule has 1 fully saturated rings. The molecule has 10 heavy (non-hydrogen) atoms. The van der Waals surface area contributed by atoms with Crippen LogP contribution in [-0.4, -0.2) is 12.7 Å². The van der Waals surface area contributed by atoms with Crippen molar-refractivity contribution < 1.29 is 4.74 Å². The van der Waals surface area contributed by atoms with E-state index in [1.807, 2.05) is 0 Å². The number of hydrogen-bond donors (Lipinski definition) is 0. The molecule has 1 rings (SSSR count). The van der Waals surface area contributed by atoms with Gasteiger partial charge >= 0.3 is 0 Å². The van der Waals surface area contributed by atoms with Gasteiger partial charge in [-0.15, -0.1) is 0 Å². The molecule has 1 saturated carbocycles. The average Bonchev–Trinajstić information content (AvgIpc) is 2.41. The van der Waals surface area contributed by atoms with Gasteiger partial charge in [-0.2, -0.15) is 0 Å². The first-order chi connectivity index (χ1) is 4.93. The van der Waals surface area contributed by atoms with E-state index in [1.165, 1.54) is 25.7 Å².